The summed E-state index contributed by atoms with van der Waals surface area (Å²) < 4.78 is 36.0. The Bertz CT molecular complexity index is 193. The van der Waals surface area contributed by atoms with Gasteiger partial charge in [0.15, 0.2) is 0 Å². The van der Waals surface area contributed by atoms with Crippen LogP contribution in [0.5, 0.6) is 0 Å². The van der Waals surface area contributed by atoms with E-state index in [1.54, 1.807) is 6.92 Å². The Morgan fingerprint density at radius 3 is 1.54 bits per heavy atom. The largest absolute Gasteiger partial charge is 0.466 e. The lowest BCUT2D eigenvalue weighted by Gasteiger charge is -1.89. The average molecular weight is 220 g/mol. The Labute approximate surface area is 77.0 Å². The molecule has 0 aliphatic heterocycles. The molecule has 0 rings (SSSR count). The molecule has 0 aromatic heterocycles. The van der Waals surface area contributed by atoms with Crippen LogP contribution < -0.4 is 12.3 Å². The van der Waals surface area contributed by atoms with Crippen molar-refractivity contribution in [2.24, 2.45) is 0 Å². The van der Waals surface area contributed by atoms with E-state index in [1.807, 2.05) is 0 Å². The lowest BCUT2D eigenvalue weighted by atomic mass is 10.8. The zero-order valence-electron chi connectivity index (χ0n) is 7.56. The zero-order valence-corrected chi connectivity index (χ0v) is 8.37. The molecule has 0 radical (unpaired) electrons. The standard InChI is InChI=1S/C4H8O2.2H3N.H2O4S/c1-3-6-4(2)5;;;1-5(2,3)4/h3H2,1-2H3;2*1H3;(H2,1,2,3,4). The van der Waals surface area contributed by atoms with Crippen LogP contribution in [-0.2, 0) is 19.9 Å². The fourth-order valence-corrected chi connectivity index (χ4v) is 0.203. The maximum atomic E-state index is 9.82. The van der Waals surface area contributed by atoms with E-state index >= 15 is 0 Å². The Morgan fingerprint density at radius 2 is 1.54 bits per heavy atom. The summed E-state index contributed by atoms with van der Waals surface area (Å²) in [7, 11) is -4.67. The van der Waals surface area contributed by atoms with Crippen LogP contribution >= 0.6 is 0 Å². The summed E-state index contributed by atoms with van der Waals surface area (Å²) in [6, 6.07) is 0. The summed E-state index contributed by atoms with van der Waals surface area (Å²) in [5.41, 5.74) is 0. The first kappa shape index (κ1) is 22.8. The van der Waals surface area contributed by atoms with Gasteiger partial charge in [0.1, 0.15) is 0 Å². The fraction of sp³-hybridized carbons (Fsp3) is 0.750. The summed E-state index contributed by atoms with van der Waals surface area (Å²) in [4.78, 5) is 9.82. The molecule has 0 aliphatic rings. The van der Waals surface area contributed by atoms with Crippen molar-refractivity contribution in [3.8, 4) is 0 Å². The van der Waals surface area contributed by atoms with Crippen LogP contribution in [0.4, 0.5) is 0 Å². The molecule has 0 amide bonds. The second-order valence-electron chi connectivity index (χ2n) is 1.37. The van der Waals surface area contributed by atoms with E-state index in [0.717, 1.165) is 0 Å². The number of hydrogen-bond acceptors (Lipinski definition) is 6. The van der Waals surface area contributed by atoms with Gasteiger partial charge in [-0.05, 0) is 6.92 Å². The molecule has 0 saturated carbocycles. The average Bonchev–Trinajstić information content (AvgIpc) is 1.58. The highest BCUT2D eigenvalue weighted by Crippen LogP contribution is 1.69. The van der Waals surface area contributed by atoms with Crippen molar-refractivity contribution in [1.29, 1.82) is 0 Å². The molecule has 0 fully saturated rings. The van der Waals surface area contributed by atoms with Crippen LogP contribution in [0.3, 0.4) is 0 Å². The quantitative estimate of drug-likeness (QED) is 0.359. The van der Waals surface area contributed by atoms with E-state index < -0.39 is 10.4 Å². The van der Waals surface area contributed by atoms with E-state index in [1.165, 1.54) is 6.92 Å². The Balaban J connectivity index is -0.0000000546. The SMILES string of the molecule is CCOC(C)=O.N.N.O=S(=O)(O)O. The highest BCUT2D eigenvalue weighted by Gasteiger charge is 1.84. The molecule has 0 atom stereocenters. The molecule has 0 bridgehead atoms. The van der Waals surface area contributed by atoms with Crippen molar-refractivity contribution >= 4 is 16.4 Å². The van der Waals surface area contributed by atoms with Gasteiger partial charge < -0.3 is 17.0 Å². The predicted molar refractivity (Wildman–Crippen MR) is 46.5 cm³/mol. The number of hydrogen-bond donors (Lipinski definition) is 4. The summed E-state index contributed by atoms with van der Waals surface area (Å²) in [5, 5.41) is 0. The normalized spacial score (nSPS) is 8.00. The van der Waals surface area contributed by atoms with Crippen molar-refractivity contribution in [3.05, 3.63) is 0 Å². The number of esters is 1. The maximum absolute atomic E-state index is 9.82. The summed E-state index contributed by atoms with van der Waals surface area (Å²) in [6.07, 6.45) is 0. The Kier molecular flexibility index (Phi) is 19.7. The van der Waals surface area contributed by atoms with Crippen molar-refractivity contribution in [3.63, 3.8) is 0 Å². The van der Waals surface area contributed by atoms with Crippen molar-refractivity contribution in [2.45, 2.75) is 13.8 Å². The van der Waals surface area contributed by atoms with E-state index in [4.69, 9.17) is 17.5 Å². The van der Waals surface area contributed by atoms with Crippen LogP contribution in [-0.4, -0.2) is 30.1 Å². The molecular formula is C4H16N2O6S. The highest BCUT2D eigenvalue weighted by molar-refractivity contribution is 7.79. The maximum Gasteiger partial charge on any atom is 0.394 e. The summed E-state index contributed by atoms with van der Waals surface area (Å²) >= 11 is 0. The molecule has 0 heterocycles. The zero-order chi connectivity index (χ0) is 9.49. The molecule has 84 valence electrons. The van der Waals surface area contributed by atoms with E-state index in [0.29, 0.717) is 6.61 Å². The van der Waals surface area contributed by atoms with E-state index in [-0.39, 0.29) is 18.3 Å². The molecule has 9 heteroatoms. The Morgan fingerprint density at radius 1 is 1.31 bits per heavy atom. The fourth-order valence-electron chi connectivity index (χ4n) is 0.203. The van der Waals surface area contributed by atoms with Gasteiger partial charge in [-0.25, -0.2) is 0 Å². The van der Waals surface area contributed by atoms with E-state index in [2.05, 4.69) is 4.74 Å². The summed E-state index contributed by atoms with van der Waals surface area (Å²) in [6.45, 7) is 3.65. The van der Waals surface area contributed by atoms with Crippen LogP contribution in [0.1, 0.15) is 13.8 Å². The van der Waals surface area contributed by atoms with Crippen molar-refractivity contribution in [1.82, 2.24) is 12.3 Å². The molecule has 0 aliphatic carbocycles. The van der Waals surface area contributed by atoms with Gasteiger partial charge in [0.05, 0.1) is 6.61 Å². The molecular weight excluding hydrogens is 204 g/mol. The van der Waals surface area contributed by atoms with Crippen LogP contribution in [0.25, 0.3) is 0 Å². The minimum atomic E-state index is -4.67. The van der Waals surface area contributed by atoms with Gasteiger partial charge in [-0.15, -0.1) is 0 Å². The molecule has 0 unspecified atom stereocenters. The minimum Gasteiger partial charge on any atom is -0.466 e. The van der Waals surface area contributed by atoms with Crippen LogP contribution in [0.2, 0.25) is 0 Å². The van der Waals surface area contributed by atoms with Gasteiger partial charge in [0.25, 0.3) is 0 Å². The van der Waals surface area contributed by atoms with Crippen molar-refractivity contribution in [2.75, 3.05) is 6.61 Å². The number of rotatable bonds is 1. The highest BCUT2D eigenvalue weighted by atomic mass is 32.3. The minimum absolute atomic E-state index is 0. The second kappa shape index (κ2) is 11.3. The molecule has 0 spiro atoms. The van der Waals surface area contributed by atoms with Gasteiger partial charge in [-0.1, -0.05) is 0 Å². The molecule has 0 aromatic carbocycles. The third-order valence-corrected chi connectivity index (χ3v) is 0.348. The van der Waals surface area contributed by atoms with Gasteiger partial charge in [0.2, 0.25) is 0 Å². The number of carbonyl (C=O) groups is 1. The molecule has 0 saturated heterocycles. The molecule has 8 nitrogen and oxygen atoms in total. The first-order valence-corrected chi connectivity index (χ1v) is 4.00. The van der Waals surface area contributed by atoms with Crippen molar-refractivity contribution < 1.29 is 27.1 Å². The topological polar surface area (TPSA) is 171 Å². The predicted octanol–water partition coefficient (Wildman–Crippen LogP) is 0.241. The van der Waals surface area contributed by atoms with Gasteiger partial charge >= 0.3 is 16.4 Å². The first-order chi connectivity index (χ1) is 4.77. The third-order valence-electron chi connectivity index (χ3n) is 0.348. The van der Waals surface area contributed by atoms with Gasteiger partial charge in [-0.3, -0.25) is 13.9 Å². The molecule has 8 N–H and O–H groups in total. The Hall–Kier alpha value is -0.740. The van der Waals surface area contributed by atoms with Gasteiger partial charge in [0, 0.05) is 6.92 Å². The second-order valence-corrected chi connectivity index (χ2v) is 2.27. The lowest BCUT2D eigenvalue weighted by Crippen LogP contribution is -1.95. The lowest BCUT2D eigenvalue weighted by molar-refractivity contribution is -0.140. The smallest absolute Gasteiger partial charge is 0.394 e. The summed E-state index contributed by atoms with van der Waals surface area (Å²) in [5.74, 6) is -0.211. The first-order valence-electron chi connectivity index (χ1n) is 2.60. The molecule has 13 heavy (non-hydrogen) atoms. The number of ether oxygens (including phenoxy) is 1. The third kappa shape index (κ3) is 189. The molecule has 0 aromatic rings. The van der Waals surface area contributed by atoms with E-state index in [9.17, 15) is 4.79 Å². The van der Waals surface area contributed by atoms with Gasteiger partial charge in [-0.2, -0.15) is 8.42 Å². The van der Waals surface area contributed by atoms with Crippen LogP contribution in [0.15, 0.2) is 0 Å². The monoisotopic (exact) mass is 220 g/mol. The van der Waals surface area contributed by atoms with Crippen LogP contribution in [0, 0.1) is 0 Å². The number of carbonyl (C=O) groups excluding carboxylic acids is 1.